The molecule has 10 heteroatoms. The first kappa shape index (κ1) is 24.2. The second-order valence-electron chi connectivity index (χ2n) is 8.15. The first-order valence-electron chi connectivity index (χ1n) is 11.4. The lowest BCUT2D eigenvalue weighted by Crippen LogP contribution is -2.43. The molecule has 0 unspecified atom stereocenters. The van der Waals surface area contributed by atoms with Crippen LogP contribution in [0.1, 0.15) is 35.3 Å². The minimum Gasteiger partial charge on any atom is -0.494 e. The quantitative estimate of drug-likeness (QED) is 0.607. The number of ether oxygens (including phenoxy) is 2. The molecule has 2 saturated heterocycles. The smallest absolute Gasteiger partial charge is 0.251 e. The van der Waals surface area contributed by atoms with Crippen LogP contribution >= 0.6 is 0 Å². The molecule has 0 aliphatic carbocycles. The minimum absolute atomic E-state index is 0.0535. The van der Waals surface area contributed by atoms with E-state index in [9.17, 15) is 18.0 Å². The van der Waals surface area contributed by atoms with Gasteiger partial charge in [-0.1, -0.05) is 18.2 Å². The fourth-order valence-electron chi connectivity index (χ4n) is 4.23. The van der Waals surface area contributed by atoms with Crippen LogP contribution in [0.2, 0.25) is 0 Å². The Labute approximate surface area is 199 Å². The van der Waals surface area contributed by atoms with Gasteiger partial charge in [0.2, 0.25) is 15.9 Å². The molecule has 0 saturated carbocycles. The van der Waals surface area contributed by atoms with Crippen LogP contribution in [0, 0.1) is 0 Å². The van der Waals surface area contributed by atoms with Crippen molar-refractivity contribution < 1.29 is 27.5 Å². The maximum atomic E-state index is 13.0. The Morgan fingerprint density at radius 2 is 1.88 bits per heavy atom. The first-order valence-corrected chi connectivity index (χ1v) is 13.0. The number of nitrogens with zero attached hydrogens (tertiary/aromatic N) is 2. The predicted octanol–water partition coefficient (Wildman–Crippen LogP) is 1.96. The van der Waals surface area contributed by atoms with Crippen molar-refractivity contribution in [2.24, 2.45) is 0 Å². The van der Waals surface area contributed by atoms with Gasteiger partial charge in [-0.2, -0.15) is 0 Å². The molecule has 2 aromatic rings. The van der Waals surface area contributed by atoms with E-state index in [1.54, 1.807) is 12.1 Å². The fraction of sp³-hybridized carbons (Fsp3) is 0.417. The van der Waals surface area contributed by atoms with Crippen molar-refractivity contribution in [3.8, 4) is 5.75 Å². The lowest BCUT2D eigenvalue weighted by atomic mass is 10.0. The highest BCUT2D eigenvalue weighted by Gasteiger charge is 2.36. The molecule has 2 aromatic carbocycles. The number of carbonyl (C=O) groups excluding carboxylic acids is 2. The Morgan fingerprint density at radius 1 is 1.15 bits per heavy atom. The number of morpholine rings is 1. The highest BCUT2D eigenvalue weighted by molar-refractivity contribution is 7.94. The largest absolute Gasteiger partial charge is 0.494 e. The average Bonchev–Trinajstić information content (AvgIpc) is 3.13. The zero-order chi connectivity index (χ0) is 24.1. The highest BCUT2D eigenvalue weighted by Crippen LogP contribution is 2.27. The zero-order valence-corrected chi connectivity index (χ0v) is 19.9. The molecule has 1 atom stereocenters. The minimum atomic E-state index is -3.69. The van der Waals surface area contributed by atoms with Gasteiger partial charge in [0.15, 0.2) is 0 Å². The summed E-state index contributed by atoms with van der Waals surface area (Å²) in [5.74, 6) is -0.249. The van der Waals surface area contributed by atoms with E-state index in [0.29, 0.717) is 31.9 Å². The molecule has 2 amide bonds. The Morgan fingerprint density at radius 3 is 2.53 bits per heavy atom. The summed E-state index contributed by atoms with van der Waals surface area (Å²) in [6, 6.07) is 13.9. The van der Waals surface area contributed by atoms with Crippen molar-refractivity contribution in [3.05, 3.63) is 59.7 Å². The summed E-state index contributed by atoms with van der Waals surface area (Å²) in [5, 5.41) is 2.98. The Hall–Kier alpha value is -2.95. The van der Waals surface area contributed by atoms with E-state index in [1.807, 2.05) is 31.2 Å². The molecule has 34 heavy (non-hydrogen) atoms. The van der Waals surface area contributed by atoms with Gasteiger partial charge in [0.1, 0.15) is 5.75 Å². The van der Waals surface area contributed by atoms with Gasteiger partial charge in [-0.15, -0.1) is 0 Å². The monoisotopic (exact) mass is 487 g/mol. The molecule has 4 rings (SSSR count). The molecule has 182 valence electrons. The molecule has 2 fully saturated rings. The number of carbonyl (C=O) groups is 2. The highest BCUT2D eigenvalue weighted by atomic mass is 32.2. The number of hydrogen-bond acceptors (Lipinski definition) is 7. The summed E-state index contributed by atoms with van der Waals surface area (Å²) in [6.07, 6.45) is -0.0535. The SMILES string of the molecule is CCOc1ccc([C@@H](CNC(=O)c2cccc(N3C(=O)CCS3(=O)=O)c2)N2CCOCC2)cc1. The van der Waals surface area contributed by atoms with Crippen LogP contribution in [-0.4, -0.2) is 70.3 Å². The summed E-state index contributed by atoms with van der Waals surface area (Å²) in [5.41, 5.74) is 1.53. The first-order chi connectivity index (χ1) is 16.4. The van der Waals surface area contributed by atoms with Crippen LogP contribution < -0.4 is 14.4 Å². The summed E-state index contributed by atoms with van der Waals surface area (Å²) in [4.78, 5) is 27.4. The Bertz CT molecular complexity index is 1130. The van der Waals surface area contributed by atoms with Crippen molar-refractivity contribution in [1.82, 2.24) is 10.2 Å². The van der Waals surface area contributed by atoms with E-state index in [0.717, 1.165) is 28.7 Å². The molecular formula is C24H29N3O6S. The molecule has 0 aromatic heterocycles. The number of benzene rings is 2. The molecule has 0 radical (unpaired) electrons. The molecule has 9 nitrogen and oxygen atoms in total. The standard InChI is InChI=1S/C24H29N3O6S/c1-2-33-21-8-6-18(7-9-21)22(26-11-13-32-14-12-26)17-25-24(29)19-4-3-5-20(16-19)27-23(28)10-15-34(27,30)31/h3-9,16,22H,2,10-15,17H2,1H3,(H,25,29)/t22-/m1/s1. The van der Waals surface area contributed by atoms with Crippen molar-refractivity contribution in [2.45, 2.75) is 19.4 Å². The normalized spacial score (nSPS) is 19.1. The fourth-order valence-corrected chi connectivity index (χ4v) is 5.68. The third-order valence-corrected chi connectivity index (χ3v) is 7.63. The maximum Gasteiger partial charge on any atom is 0.251 e. The van der Waals surface area contributed by atoms with E-state index in [2.05, 4.69) is 10.2 Å². The summed E-state index contributed by atoms with van der Waals surface area (Å²) in [7, 11) is -3.69. The van der Waals surface area contributed by atoms with Gasteiger partial charge in [0.05, 0.1) is 37.3 Å². The summed E-state index contributed by atoms with van der Waals surface area (Å²) >= 11 is 0. The Kier molecular flexibility index (Phi) is 7.50. The van der Waals surface area contributed by atoms with Gasteiger partial charge in [0, 0.05) is 31.6 Å². The van der Waals surface area contributed by atoms with Crippen LogP contribution in [0.3, 0.4) is 0 Å². The third kappa shape index (κ3) is 5.40. The van der Waals surface area contributed by atoms with Crippen molar-refractivity contribution in [2.75, 3.05) is 49.5 Å². The van der Waals surface area contributed by atoms with E-state index in [-0.39, 0.29) is 29.8 Å². The molecule has 0 spiro atoms. The van der Waals surface area contributed by atoms with E-state index >= 15 is 0 Å². The van der Waals surface area contributed by atoms with Gasteiger partial charge in [-0.3, -0.25) is 14.5 Å². The number of hydrogen-bond donors (Lipinski definition) is 1. The molecule has 2 heterocycles. The van der Waals surface area contributed by atoms with E-state index in [4.69, 9.17) is 9.47 Å². The number of anilines is 1. The van der Waals surface area contributed by atoms with Crippen LogP contribution in [-0.2, 0) is 19.6 Å². The van der Waals surface area contributed by atoms with Crippen LogP contribution in [0.5, 0.6) is 5.75 Å². The van der Waals surface area contributed by atoms with E-state index < -0.39 is 15.9 Å². The second kappa shape index (κ2) is 10.5. The summed E-state index contributed by atoms with van der Waals surface area (Å²) in [6.45, 7) is 5.63. The van der Waals surface area contributed by atoms with E-state index in [1.165, 1.54) is 12.1 Å². The number of rotatable bonds is 8. The van der Waals surface area contributed by atoms with Crippen LogP contribution in [0.4, 0.5) is 5.69 Å². The Balaban J connectivity index is 1.50. The van der Waals surface area contributed by atoms with Gasteiger partial charge in [0.25, 0.3) is 5.91 Å². The number of sulfonamides is 1. The lowest BCUT2D eigenvalue weighted by molar-refractivity contribution is -0.116. The van der Waals surface area contributed by atoms with Gasteiger partial charge in [-0.25, -0.2) is 12.7 Å². The molecule has 2 aliphatic rings. The molecule has 2 aliphatic heterocycles. The third-order valence-electron chi connectivity index (χ3n) is 5.94. The zero-order valence-electron chi connectivity index (χ0n) is 19.1. The van der Waals surface area contributed by atoms with Crippen LogP contribution in [0.15, 0.2) is 48.5 Å². The van der Waals surface area contributed by atoms with Crippen molar-refractivity contribution in [1.29, 1.82) is 0 Å². The molecule has 0 bridgehead atoms. The van der Waals surface area contributed by atoms with Gasteiger partial charge < -0.3 is 14.8 Å². The predicted molar refractivity (Wildman–Crippen MR) is 127 cm³/mol. The summed E-state index contributed by atoms with van der Waals surface area (Å²) < 4.78 is 36.3. The lowest BCUT2D eigenvalue weighted by Gasteiger charge is -2.35. The topological polar surface area (TPSA) is 105 Å². The van der Waals surface area contributed by atoms with Crippen LogP contribution in [0.25, 0.3) is 0 Å². The number of nitrogens with one attached hydrogen (secondary N) is 1. The molecular weight excluding hydrogens is 458 g/mol. The van der Waals surface area contributed by atoms with Crippen molar-refractivity contribution in [3.63, 3.8) is 0 Å². The van der Waals surface area contributed by atoms with Crippen molar-refractivity contribution >= 4 is 27.5 Å². The van der Waals surface area contributed by atoms with Gasteiger partial charge in [-0.05, 0) is 42.8 Å². The molecule has 1 N–H and O–H groups in total. The average molecular weight is 488 g/mol. The van der Waals surface area contributed by atoms with Gasteiger partial charge >= 0.3 is 0 Å². The second-order valence-corrected chi connectivity index (χ2v) is 10.1. The maximum absolute atomic E-state index is 13.0. The number of amides is 2.